The Morgan fingerprint density at radius 3 is 1.70 bits per heavy atom. The first-order valence-corrected chi connectivity index (χ1v) is 18.1. The fraction of sp³-hybridized carbons (Fsp3) is 0. The van der Waals surface area contributed by atoms with Crippen LogP contribution in [0.4, 0.5) is 17.1 Å². The van der Waals surface area contributed by atoms with Crippen LogP contribution in [0.3, 0.4) is 0 Å². The molecular weight excluding hydrogens is 645 g/mol. The lowest BCUT2D eigenvalue weighted by Crippen LogP contribution is -2.11. The second-order valence-electron chi connectivity index (χ2n) is 13.7. The molecule has 0 bridgehead atoms. The molecule has 0 unspecified atom stereocenters. The van der Waals surface area contributed by atoms with Crippen LogP contribution in [0.1, 0.15) is 0 Å². The number of hydrogen-bond donors (Lipinski definition) is 0. The van der Waals surface area contributed by atoms with Crippen molar-refractivity contribution < 1.29 is 4.42 Å². The predicted octanol–water partition coefficient (Wildman–Crippen LogP) is 14.1. The first-order chi connectivity index (χ1) is 26.3. The second-order valence-corrected chi connectivity index (χ2v) is 13.7. The maximum atomic E-state index is 6.12. The fourth-order valence-electron chi connectivity index (χ4n) is 8.31. The molecular formula is C50H32N2O. The molecule has 11 rings (SSSR count). The average Bonchev–Trinajstić information content (AvgIpc) is 3.77. The molecule has 11 aromatic rings. The molecule has 53 heavy (non-hydrogen) atoms. The summed E-state index contributed by atoms with van der Waals surface area (Å²) in [5.74, 6) is 0. The number of nitrogens with zero attached hydrogens (tertiary/aromatic N) is 2. The van der Waals surface area contributed by atoms with Crippen molar-refractivity contribution >= 4 is 82.4 Å². The number of furan rings is 1. The van der Waals surface area contributed by atoms with Gasteiger partial charge >= 0.3 is 0 Å². The van der Waals surface area contributed by atoms with Crippen LogP contribution in [-0.4, -0.2) is 4.57 Å². The number of anilines is 3. The molecule has 2 aromatic heterocycles. The Bertz CT molecular complexity index is 3110. The number of rotatable bonds is 5. The van der Waals surface area contributed by atoms with E-state index >= 15 is 0 Å². The van der Waals surface area contributed by atoms with Gasteiger partial charge in [0.25, 0.3) is 0 Å². The van der Waals surface area contributed by atoms with Crippen molar-refractivity contribution in [1.82, 2.24) is 4.57 Å². The molecule has 0 saturated heterocycles. The third-order valence-corrected chi connectivity index (χ3v) is 10.8. The molecule has 0 aliphatic rings. The highest BCUT2D eigenvalue weighted by Gasteiger charge is 2.19. The lowest BCUT2D eigenvalue weighted by atomic mass is 9.99. The smallest absolute Gasteiger partial charge is 0.135 e. The van der Waals surface area contributed by atoms with E-state index in [0.29, 0.717) is 0 Å². The van der Waals surface area contributed by atoms with Gasteiger partial charge in [0, 0.05) is 44.0 Å². The van der Waals surface area contributed by atoms with Gasteiger partial charge in [-0.2, -0.15) is 0 Å². The minimum Gasteiger partial charge on any atom is -0.456 e. The first-order valence-electron chi connectivity index (χ1n) is 18.1. The summed E-state index contributed by atoms with van der Waals surface area (Å²) in [4.78, 5) is 2.40. The summed E-state index contributed by atoms with van der Waals surface area (Å²) in [6.07, 6.45) is 0. The molecule has 2 heterocycles. The van der Waals surface area contributed by atoms with Crippen LogP contribution in [0.25, 0.3) is 82.1 Å². The van der Waals surface area contributed by atoms with E-state index in [0.717, 1.165) is 55.8 Å². The maximum Gasteiger partial charge on any atom is 0.135 e. The SMILES string of the molecule is c1ccc2c(c1)ccc1cccc(N(c3ccc(-c4ccc5oc6ccccc6c5c4)cc3)c3ccc(-n4c5ccccc5c5ccccc54)cc3)c12. The van der Waals surface area contributed by atoms with Gasteiger partial charge in [-0.3, -0.25) is 0 Å². The third kappa shape index (κ3) is 4.68. The highest BCUT2D eigenvalue weighted by molar-refractivity contribution is 6.15. The van der Waals surface area contributed by atoms with Crippen LogP contribution in [0.15, 0.2) is 199 Å². The monoisotopic (exact) mass is 676 g/mol. The number of aromatic nitrogens is 1. The van der Waals surface area contributed by atoms with Crippen molar-refractivity contribution in [1.29, 1.82) is 0 Å². The fourth-order valence-corrected chi connectivity index (χ4v) is 8.31. The zero-order chi connectivity index (χ0) is 34.9. The molecule has 0 amide bonds. The summed E-state index contributed by atoms with van der Waals surface area (Å²) in [7, 11) is 0. The highest BCUT2D eigenvalue weighted by Crippen LogP contribution is 2.43. The van der Waals surface area contributed by atoms with Gasteiger partial charge in [0.2, 0.25) is 0 Å². The summed E-state index contributed by atoms with van der Waals surface area (Å²) in [6, 6.07) is 69.9. The van der Waals surface area contributed by atoms with Crippen molar-refractivity contribution in [2.75, 3.05) is 4.90 Å². The van der Waals surface area contributed by atoms with E-state index in [1.807, 2.05) is 12.1 Å². The van der Waals surface area contributed by atoms with Gasteiger partial charge in [0.1, 0.15) is 11.2 Å². The second kappa shape index (κ2) is 11.7. The van der Waals surface area contributed by atoms with Crippen molar-refractivity contribution in [3.8, 4) is 16.8 Å². The third-order valence-electron chi connectivity index (χ3n) is 10.8. The molecule has 0 saturated carbocycles. The molecule has 0 spiro atoms. The Labute approximate surface area is 306 Å². The van der Waals surface area contributed by atoms with Crippen LogP contribution in [-0.2, 0) is 0 Å². The Hall–Kier alpha value is -7.10. The summed E-state index contributed by atoms with van der Waals surface area (Å²) in [5, 5.41) is 9.71. The number of hydrogen-bond acceptors (Lipinski definition) is 2. The zero-order valence-electron chi connectivity index (χ0n) is 28.8. The van der Waals surface area contributed by atoms with Crippen LogP contribution in [0.5, 0.6) is 0 Å². The quantitative estimate of drug-likeness (QED) is 0.169. The van der Waals surface area contributed by atoms with Crippen molar-refractivity contribution in [3.05, 3.63) is 194 Å². The molecule has 0 aliphatic heterocycles. The van der Waals surface area contributed by atoms with E-state index in [4.69, 9.17) is 4.42 Å². The molecule has 0 N–H and O–H groups in total. The van der Waals surface area contributed by atoms with E-state index in [-0.39, 0.29) is 0 Å². The van der Waals surface area contributed by atoms with Crippen molar-refractivity contribution in [3.63, 3.8) is 0 Å². The van der Waals surface area contributed by atoms with E-state index < -0.39 is 0 Å². The van der Waals surface area contributed by atoms with Crippen LogP contribution in [0, 0.1) is 0 Å². The molecule has 3 nitrogen and oxygen atoms in total. The van der Waals surface area contributed by atoms with Crippen molar-refractivity contribution in [2.45, 2.75) is 0 Å². The maximum absolute atomic E-state index is 6.12. The topological polar surface area (TPSA) is 21.3 Å². The Kier molecular flexibility index (Phi) is 6.55. The number of para-hydroxylation sites is 3. The minimum atomic E-state index is 0.908. The summed E-state index contributed by atoms with van der Waals surface area (Å²) < 4.78 is 8.50. The lowest BCUT2D eigenvalue weighted by molar-refractivity contribution is 0.669. The van der Waals surface area contributed by atoms with E-state index in [1.54, 1.807) is 0 Å². The van der Waals surface area contributed by atoms with Gasteiger partial charge in [-0.1, -0.05) is 121 Å². The summed E-state index contributed by atoms with van der Waals surface area (Å²) >= 11 is 0. The van der Waals surface area contributed by atoms with E-state index in [9.17, 15) is 0 Å². The molecule has 0 fully saturated rings. The molecule has 0 radical (unpaired) electrons. The highest BCUT2D eigenvalue weighted by atomic mass is 16.3. The van der Waals surface area contributed by atoms with Gasteiger partial charge in [0.05, 0.1) is 16.7 Å². The van der Waals surface area contributed by atoms with Crippen LogP contribution < -0.4 is 4.90 Å². The van der Waals surface area contributed by atoms with Gasteiger partial charge in [0.15, 0.2) is 0 Å². The molecule has 3 heteroatoms. The average molecular weight is 677 g/mol. The van der Waals surface area contributed by atoms with Gasteiger partial charge < -0.3 is 13.9 Å². The Morgan fingerprint density at radius 2 is 0.943 bits per heavy atom. The molecule has 9 aromatic carbocycles. The van der Waals surface area contributed by atoms with Crippen LogP contribution in [0.2, 0.25) is 0 Å². The molecule has 0 atom stereocenters. The first kappa shape index (κ1) is 29.6. The largest absolute Gasteiger partial charge is 0.456 e. The minimum absolute atomic E-state index is 0.908. The molecule has 0 aliphatic carbocycles. The standard InChI is InChI=1S/C50H32N2O/c1-2-12-40-34(10-1)20-21-35-11-9-18-47(50(35)40)51(37-25-22-33(23-26-37)36-24-31-49-44(32-36)43-15-5-8-19-48(43)53-49)38-27-29-39(30-28-38)52-45-16-6-3-13-41(45)42-14-4-7-17-46(42)52/h1-32H. The van der Waals surface area contributed by atoms with Crippen LogP contribution >= 0.6 is 0 Å². The van der Waals surface area contributed by atoms with Gasteiger partial charge in [-0.05, 0) is 100 Å². The number of benzene rings is 9. The summed E-state index contributed by atoms with van der Waals surface area (Å²) in [5.41, 5.74) is 11.0. The Morgan fingerprint density at radius 1 is 0.377 bits per heavy atom. The van der Waals surface area contributed by atoms with Gasteiger partial charge in [-0.25, -0.2) is 0 Å². The summed E-state index contributed by atoms with van der Waals surface area (Å²) in [6.45, 7) is 0. The lowest BCUT2D eigenvalue weighted by Gasteiger charge is -2.28. The zero-order valence-corrected chi connectivity index (χ0v) is 28.8. The van der Waals surface area contributed by atoms with Gasteiger partial charge in [-0.15, -0.1) is 0 Å². The van der Waals surface area contributed by atoms with E-state index in [1.165, 1.54) is 43.4 Å². The van der Waals surface area contributed by atoms with Crippen molar-refractivity contribution in [2.24, 2.45) is 0 Å². The number of fused-ring (bicyclic) bond motifs is 9. The van der Waals surface area contributed by atoms with E-state index in [2.05, 4.69) is 191 Å². The molecule has 248 valence electrons. The Balaban J connectivity index is 1.07. The normalized spacial score (nSPS) is 11.8. The predicted molar refractivity (Wildman–Crippen MR) is 223 cm³/mol.